The Hall–Kier alpha value is -1.55. The maximum Gasteiger partial charge on any atom is 0.161 e. The Morgan fingerprint density at radius 3 is 2.68 bits per heavy atom. The van der Waals surface area contributed by atoms with Crippen molar-refractivity contribution in [3.63, 3.8) is 0 Å². The molecule has 0 aliphatic heterocycles. The quantitative estimate of drug-likeness (QED) is 0.451. The van der Waals surface area contributed by atoms with E-state index in [9.17, 15) is 4.79 Å². The fraction of sp³-hybridized carbons (Fsp3) is 0.533. The zero-order valence-corrected chi connectivity index (χ0v) is 12.4. The molecule has 0 saturated heterocycles. The number of nitrogens with one attached hydrogen (secondary N) is 1. The van der Waals surface area contributed by atoms with Crippen molar-refractivity contribution in [2.24, 2.45) is 0 Å². The number of carbonyl (C=O) groups is 1. The van der Waals surface area contributed by atoms with Gasteiger partial charge in [-0.05, 0) is 59.0 Å². The Kier molecular flexibility index (Phi) is 5.83. The summed E-state index contributed by atoms with van der Waals surface area (Å²) >= 11 is 0. The Morgan fingerprint density at radius 1 is 1.42 bits per heavy atom. The summed E-state index contributed by atoms with van der Waals surface area (Å²) in [6.45, 7) is 7.85. The van der Waals surface area contributed by atoms with Gasteiger partial charge in [-0.3, -0.25) is 4.79 Å². The molecule has 4 heteroatoms. The van der Waals surface area contributed by atoms with Gasteiger partial charge < -0.3 is 16.0 Å². The lowest BCUT2D eigenvalue weighted by Crippen LogP contribution is -2.28. The van der Waals surface area contributed by atoms with Crippen LogP contribution < -0.4 is 11.1 Å². The molecule has 19 heavy (non-hydrogen) atoms. The lowest BCUT2D eigenvalue weighted by Gasteiger charge is -2.20. The minimum Gasteiger partial charge on any atom is -0.398 e. The summed E-state index contributed by atoms with van der Waals surface area (Å²) in [6, 6.07) is 6.08. The van der Waals surface area contributed by atoms with Crippen molar-refractivity contribution in [3.05, 3.63) is 23.8 Å². The number of hydrogen-bond donors (Lipinski definition) is 2. The molecule has 4 nitrogen and oxygen atoms in total. The number of Topliss-reactive ketones (excluding diaryl/α,β-unsaturated/α-hetero) is 1. The van der Waals surface area contributed by atoms with Gasteiger partial charge in [-0.25, -0.2) is 0 Å². The molecule has 0 fully saturated rings. The molecule has 1 aromatic carbocycles. The van der Waals surface area contributed by atoms with Gasteiger partial charge in [-0.15, -0.1) is 0 Å². The van der Waals surface area contributed by atoms with Gasteiger partial charge in [-0.1, -0.05) is 0 Å². The number of nitrogens with zero attached hydrogens (tertiary/aromatic N) is 1. The third-order valence-corrected chi connectivity index (χ3v) is 3.33. The van der Waals surface area contributed by atoms with Gasteiger partial charge in [0.15, 0.2) is 5.78 Å². The first kappa shape index (κ1) is 15.5. The Bertz CT molecular complexity index is 429. The fourth-order valence-corrected chi connectivity index (χ4v) is 1.79. The van der Waals surface area contributed by atoms with E-state index in [-0.39, 0.29) is 5.78 Å². The van der Waals surface area contributed by atoms with Crippen LogP contribution in [0.5, 0.6) is 0 Å². The van der Waals surface area contributed by atoms with E-state index in [1.165, 1.54) is 6.92 Å². The van der Waals surface area contributed by atoms with Crippen molar-refractivity contribution >= 4 is 17.2 Å². The summed E-state index contributed by atoms with van der Waals surface area (Å²) in [5.74, 6) is 0.000640. The average Bonchev–Trinajstić information content (AvgIpc) is 2.35. The van der Waals surface area contributed by atoms with Gasteiger partial charge in [0, 0.05) is 29.5 Å². The molecule has 0 aromatic heterocycles. The predicted molar refractivity (Wildman–Crippen MR) is 81.7 cm³/mol. The zero-order valence-electron chi connectivity index (χ0n) is 12.4. The van der Waals surface area contributed by atoms with E-state index < -0.39 is 0 Å². The zero-order chi connectivity index (χ0) is 14.4. The highest BCUT2D eigenvalue weighted by Gasteiger charge is 2.06. The van der Waals surface area contributed by atoms with Crippen LogP contribution in [-0.4, -0.2) is 36.9 Å². The topological polar surface area (TPSA) is 58.4 Å². The SMILES string of the molecule is CC(=O)c1cc(NCCCN(C)C(C)C)ccc1N. The third kappa shape index (κ3) is 4.91. The largest absolute Gasteiger partial charge is 0.398 e. The maximum absolute atomic E-state index is 11.4. The van der Waals surface area contributed by atoms with Gasteiger partial charge in [0.05, 0.1) is 0 Å². The van der Waals surface area contributed by atoms with Gasteiger partial charge in [0.25, 0.3) is 0 Å². The van der Waals surface area contributed by atoms with E-state index in [2.05, 4.69) is 31.1 Å². The molecular weight excluding hydrogens is 238 g/mol. The molecule has 0 aliphatic carbocycles. The van der Waals surface area contributed by atoms with Crippen molar-refractivity contribution in [1.29, 1.82) is 0 Å². The maximum atomic E-state index is 11.4. The van der Waals surface area contributed by atoms with E-state index in [0.29, 0.717) is 17.3 Å². The number of rotatable bonds is 7. The number of carbonyl (C=O) groups excluding carboxylic acids is 1. The molecule has 0 amide bonds. The van der Waals surface area contributed by atoms with Gasteiger partial charge >= 0.3 is 0 Å². The average molecular weight is 263 g/mol. The molecule has 0 radical (unpaired) electrons. The first-order valence-corrected chi connectivity index (χ1v) is 6.76. The van der Waals surface area contributed by atoms with Crippen LogP contribution in [0.3, 0.4) is 0 Å². The molecule has 0 saturated carbocycles. The molecule has 106 valence electrons. The van der Waals surface area contributed by atoms with E-state index >= 15 is 0 Å². The van der Waals surface area contributed by atoms with Crippen LogP contribution in [0.2, 0.25) is 0 Å². The van der Waals surface area contributed by atoms with Crippen LogP contribution >= 0.6 is 0 Å². The van der Waals surface area contributed by atoms with E-state index in [4.69, 9.17) is 5.73 Å². The number of anilines is 2. The smallest absolute Gasteiger partial charge is 0.161 e. The highest BCUT2D eigenvalue weighted by molar-refractivity contribution is 5.99. The Morgan fingerprint density at radius 2 is 2.11 bits per heavy atom. The number of hydrogen-bond acceptors (Lipinski definition) is 4. The monoisotopic (exact) mass is 263 g/mol. The Labute approximate surface area is 116 Å². The molecule has 0 unspecified atom stereocenters. The van der Waals surface area contributed by atoms with Gasteiger partial charge in [0.2, 0.25) is 0 Å². The Balaban J connectivity index is 2.46. The van der Waals surface area contributed by atoms with Crippen LogP contribution in [0, 0.1) is 0 Å². The van der Waals surface area contributed by atoms with Crippen molar-refractivity contribution in [1.82, 2.24) is 4.90 Å². The summed E-state index contributed by atoms with van der Waals surface area (Å²) < 4.78 is 0. The first-order valence-electron chi connectivity index (χ1n) is 6.76. The van der Waals surface area contributed by atoms with Crippen LogP contribution in [0.1, 0.15) is 37.6 Å². The van der Waals surface area contributed by atoms with Crippen molar-refractivity contribution in [2.75, 3.05) is 31.2 Å². The van der Waals surface area contributed by atoms with Crippen molar-refractivity contribution in [3.8, 4) is 0 Å². The molecule has 0 bridgehead atoms. The second kappa shape index (κ2) is 7.14. The number of ketones is 1. The van der Waals surface area contributed by atoms with Crippen LogP contribution in [-0.2, 0) is 0 Å². The van der Waals surface area contributed by atoms with E-state index in [1.54, 1.807) is 6.07 Å². The number of nitrogens with two attached hydrogens (primary N) is 1. The van der Waals surface area contributed by atoms with E-state index in [1.807, 2.05) is 12.1 Å². The molecule has 3 N–H and O–H groups in total. The first-order chi connectivity index (χ1) is 8.91. The summed E-state index contributed by atoms with van der Waals surface area (Å²) in [5.41, 5.74) is 7.84. The van der Waals surface area contributed by atoms with E-state index in [0.717, 1.165) is 25.2 Å². The number of nitrogen functional groups attached to an aromatic ring is 1. The van der Waals surface area contributed by atoms with Crippen LogP contribution in [0.25, 0.3) is 0 Å². The van der Waals surface area contributed by atoms with Crippen LogP contribution in [0.4, 0.5) is 11.4 Å². The van der Waals surface area contributed by atoms with Crippen LogP contribution in [0.15, 0.2) is 18.2 Å². The number of benzene rings is 1. The highest BCUT2D eigenvalue weighted by atomic mass is 16.1. The minimum atomic E-state index is 0.000640. The van der Waals surface area contributed by atoms with Crippen molar-refractivity contribution < 1.29 is 4.79 Å². The normalized spacial score (nSPS) is 11.1. The molecule has 1 aromatic rings. The van der Waals surface area contributed by atoms with Gasteiger partial charge in [-0.2, -0.15) is 0 Å². The highest BCUT2D eigenvalue weighted by Crippen LogP contribution is 2.18. The molecule has 0 atom stereocenters. The molecule has 1 rings (SSSR count). The van der Waals surface area contributed by atoms with Gasteiger partial charge in [0.1, 0.15) is 0 Å². The summed E-state index contributed by atoms with van der Waals surface area (Å²) in [6.07, 6.45) is 1.06. The molecular formula is C15H25N3O. The minimum absolute atomic E-state index is 0.000640. The third-order valence-electron chi connectivity index (χ3n) is 3.33. The predicted octanol–water partition coefficient (Wildman–Crippen LogP) is 2.61. The summed E-state index contributed by atoms with van der Waals surface area (Å²) in [4.78, 5) is 13.7. The molecule has 0 heterocycles. The standard InChI is InChI=1S/C15H25N3O/c1-11(2)18(4)9-5-8-17-13-6-7-15(16)14(10-13)12(3)19/h6-7,10-11,17H,5,8-9,16H2,1-4H3. The second-order valence-corrected chi connectivity index (χ2v) is 5.21. The van der Waals surface area contributed by atoms with Crippen molar-refractivity contribution in [2.45, 2.75) is 33.2 Å². The lowest BCUT2D eigenvalue weighted by atomic mass is 10.1. The second-order valence-electron chi connectivity index (χ2n) is 5.21. The molecule has 0 spiro atoms. The summed E-state index contributed by atoms with van der Waals surface area (Å²) in [7, 11) is 2.13. The lowest BCUT2D eigenvalue weighted by molar-refractivity contribution is 0.101. The fourth-order valence-electron chi connectivity index (χ4n) is 1.79. The summed E-state index contributed by atoms with van der Waals surface area (Å²) in [5, 5.41) is 3.33. The molecule has 0 aliphatic rings.